The summed E-state index contributed by atoms with van der Waals surface area (Å²) in [4.78, 5) is 17.8. The number of amides is 1. The van der Waals surface area contributed by atoms with Crippen LogP contribution in [0.25, 0.3) is 16.3 Å². The SMILES string of the molecule is C=C(c1nc(NC2CC(NC(C)=O)C2)cc2c(NC3CCN(C)CC3)cccc12)C(F)(F)F. The largest absolute Gasteiger partial charge is 0.417 e. The van der Waals surface area contributed by atoms with E-state index in [9.17, 15) is 18.0 Å². The molecule has 178 valence electrons. The number of pyridine rings is 1. The number of halogens is 3. The number of benzene rings is 1. The Bertz CT molecular complexity index is 1040. The lowest BCUT2D eigenvalue weighted by molar-refractivity contribution is -0.120. The summed E-state index contributed by atoms with van der Waals surface area (Å²) >= 11 is 0. The number of hydrogen-bond donors (Lipinski definition) is 3. The van der Waals surface area contributed by atoms with Crippen molar-refractivity contribution in [1.82, 2.24) is 15.2 Å². The van der Waals surface area contributed by atoms with E-state index in [0.717, 1.165) is 31.6 Å². The number of fused-ring (bicyclic) bond motifs is 1. The maximum absolute atomic E-state index is 13.6. The van der Waals surface area contributed by atoms with E-state index in [-0.39, 0.29) is 29.7 Å². The second kappa shape index (κ2) is 9.21. The molecule has 2 fully saturated rings. The van der Waals surface area contributed by atoms with Gasteiger partial charge in [-0.3, -0.25) is 4.79 Å². The summed E-state index contributed by atoms with van der Waals surface area (Å²) < 4.78 is 40.8. The number of anilines is 2. The summed E-state index contributed by atoms with van der Waals surface area (Å²) in [6.45, 7) is 6.73. The molecule has 0 radical (unpaired) electrons. The van der Waals surface area contributed by atoms with Gasteiger partial charge in [-0.05, 0) is 58.0 Å². The first kappa shape index (κ1) is 23.4. The van der Waals surface area contributed by atoms with Gasteiger partial charge in [-0.15, -0.1) is 0 Å². The van der Waals surface area contributed by atoms with Gasteiger partial charge < -0.3 is 20.9 Å². The van der Waals surface area contributed by atoms with Crippen LogP contribution < -0.4 is 16.0 Å². The average Bonchev–Trinajstić information content (AvgIpc) is 2.72. The summed E-state index contributed by atoms with van der Waals surface area (Å²) in [6.07, 6.45) is -1.24. The Kier molecular flexibility index (Phi) is 6.52. The normalized spacial score (nSPS) is 22.0. The van der Waals surface area contributed by atoms with Crippen LogP contribution in [0, 0.1) is 0 Å². The van der Waals surface area contributed by atoms with Crippen molar-refractivity contribution >= 4 is 33.8 Å². The third-order valence-electron chi connectivity index (χ3n) is 6.48. The van der Waals surface area contributed by atoms with E-state index in [4.69, 9.17) is 0 Å². The first-order valence-electron chi connectivity index (χ1n) is 11.3. The van der Waals surface area contributed by atoms with Crippen LogP contribution in [0.4, 0.5) is 24.7 Å². The van der Waals surface area contributed by atoms with Crippen LogP contribution in [0.5, 0.6) is 0 Å². The molecule has 1 amide bonds. The second-order valence-electron chi connectivity index (χ2n) is 9.17. The summed E-state index contributed by atoms with van der Waals surface area (Å²) in [7, 11) is 2.09. The van der Waals surface area contributed by atoms with Crippen LogP contribution >= 0.6 is 0 Å². The van der Waals surface area contributed by atoms with Gasteiger partial charge >= 0.3 is 6.18 Å². The standard InChI is InChI=1S/C24H30F3N5O/c1-14(24(25,26)27)23-19-5-4-6-21(29-16-7-9-32(3)10-8-16)20(19)13-22(31-23)30-18-11-17(12-18)28-15(2)33/h4-6,13,16-18,29H,1,7-12H2,2-3H3,(H,28,33)(H,30,31). The van der Waals surface area contributed by atoms with E-state index in [1.165, 1.54) is 6.92 Å². The molecule has 1 aliphatic carbocycles. The van der Waals surface area contributed by atoms with Crippen molar-refractivity contribution in [2.24, 2.45) is 0 Å². The molecule has 1 saturated carbocycles. The number of piperidine rings is 1. The highest BCUT2D eigenvalue weighted by Gasteiger charge is 2.36. The molecule has 0 bridgehead atoms. The highest BCUT2D eigenvalue weighted by molar-refractivity contribution is 6.01. The average molecular weight is 462 g/mol. The smallest absolute Gasteiger partial charge is 0.382 e. The van der Waals surface area contributed by atoms with E-state index in [1.807, 2.05) is 12.1 Å². The molecule has 2 heterocycles. The maximum Gasteiger partial charge on any atom is 0.417 e. The van der Waals surface area contributed by atoms with E-state index >= 15 is 0 Å². The molecule has 4 rings (SSSR count). The van der Waals surface area contributed by atoms with Crippen molar-refractivity contribution in [2.45, 2.75) is 56.9 Å². The number of nitrogens with zero attached hydrogens (tertiary/aromatic N) is 2. The lowest BCUT2D eigenvalue weighted by Crippen LogP contribution is -2.49. The van der Waals surface area contributed by atoms with Crippen LogP contribution in [-0.4, -0.2) is 60.2 Å². The van der Waals surface area contributed by atoms with Gasteiger partial charge in [-0.1, -0.05) is 18.7 Å². The zero-order valence-corrected chi connectivity index (χ0v) is 18.9. The Morgan fingerprint density at radius 2 is 1.79 bits per heavy atom. The van der Waals surface area contributed by atoms with Gasteiger partial charge in [0.15, 0.2) is 0 Å². The van der Waals surface area contributed by atoms with E-state index in [1.54, 1.807) is 12.1 Å². The molecule has 0 atom stereocenters. The second-order valence-corrected chi connectivity index (χ2v) is 9.17. The monoisotopic (exact) mass is 461 g/mol. The third kappa shape index (κ3) is 5.40. The summed E-state index contributed by atoms with van der Waals surface area (Å²) in [5.41, 5.74) is -0.321. The van der Waals surface area contributed by atoms with E-state index in [2.05, 4.69) is 39.5 Å². The quantitative estimate of drug-likeness (QED) is 0.595. The molecule has 1 aromatic carbocycles. The molecule has 33 heavy (non-hydrogen) atoms. The fourth-order valence-electron chi connectivity index (χ4n) is 4.56. The van der Waals surface area contributed by atoms with Gasteiger partial charge in [0, 0.05) is 41.5 Å². The summed E-state index contributed by atoms with van der Waals surface area (Å²) in [5, 5.41) is 10.8. The molecular formula is C24H30F3N5O. The molecule has 1 saturated heterocycles. The Morgan fingerprint density at radius 1 is 1.09 bits per heavy atom. The molecule has 2 aromatic rings. The molecule has 2 aliphatic rings. The van der Waals surface area contributed by atoms with Gasteiger partial charge in [0.05, 0.1) is 11.3 Å². The van der Waals surface area contributed by atoms with Gasteiger partial charge in [-0.2, -0.15) is 13.2 Å². The van der Waals surface area contributed by atoms with Crippen LogP contribution in [0.2, 0.25) is 0 Å². The predicted molar refractivity (Wildman–Crippen MR) is 125 cm³/mol. The van der Waals surface area contributed by atoms with E-state index in [0.29, 0.717) is 29.4 Å². The Hall–Kier alpha value is -2.81. The number of carbonyl (C=O) groups is 1. The predicted octanol–water partition coefficient (Wildman–Crippen LogP) is 4.40. The van der Waals surface area contributed by atoms with Gasteiger partial charge in [0.2, 0.25) is 5.91 Å². The number of allylic oxidation sites excluding steroid dienone is 1. The van der Waals surface area contributed by atoms with Crippen LogP contribution in [0.3, 0.4) is 0 Å². The minimum Gasteiger partial charge on any atom is -0.382 e. The van der Waals surface area contributed by atoms with Gasteiger partial charge in [0.1, 0.15) is 5.82 Å². The number of rotatable bonds is 6. The first-order chi connectivity index (χ1) is 15.6. The lowest BCUT2D eigenvalue weighted by Gasteiger charge is -2.36. The lowest BCUT2D eigenvalue weighted by atomic mass is 9.86. The molecule has 0 spiro atoms. The van der Waals surface area contributed by atoms with Crippen LogP contribution in [0.1, 0.15) is 38.3 Å². The van der Waals surface area contributed by atoms with Crippen LogP contribution in [-0.2, 0) is 4.79 Å². The highest BCUT2D eigenvalue weighted by atomic mass is 19.4. The number of nitrogens with one attached hydrogen (secondary N) is 3. The Balaban J connectivity index is 1.65. The Labute approximate surface area is 191 Å². The molecule has 3 N–H and O–H groups in total. The molecular weight excluding hydrogens is 431 g/mol. The summed E-state index contributed by atoms with van der Waals surface area (Å²) in [5.74, 6) is 0.294. The Morgan fingerprint density at radius 3 is 2.42 bits per heavy atom. The third-order valence-corrected chi connectivity index (χ3v) is 6.48. The topological polar surface area (TPSA) is 69.3 Å². The molecule has 9 heteroatoms. The number of carbonyl (C=O) groups excluding carboxylic acids is 1. The fraction of sp³-hybridized carbons (Fsp3) is 0.500. The highest BCUT2D eigenvalue weighted by Crippen LogP contribution is 2.38. The van der Waals surface area contributed by atoms with Gasteiger partial charge in [-0.25, -0.2) is 4.98 Å². The molecule has 6 nitrogen and oxygen atoms in total. The zero-order chi connectivity index (χ0) is 23.8. The molecule has 1 aromatic heterocycles. The number of hydrogen-bond acceptors (Lipinski definition) is 5. The molecule has 0 unspecified atom stereocenters. The number of alkyl halides is 3. The van der Waals surface area contributed by atoms with Crippen LogP contribution in [0.15, 0.2) is 30.8 Å². The number of likely N-dealkylation sites (tertiary alicyclic amines) is 1. The maximum atomic E-state index is 13.6. The summed E-state index contributed by atoms with van der Waals surface area (Å²) in [6, 6.07) is 7.50. The van der Waals surface area contributed by atoms with Gasteiger partial charge in [0.25, 0.3) is 0 Å². The van der Waals surface area contributed by atoms with E-state index < -0.39 is 11.7 Å². The first-order valence-corrected chi connectivity index (χ1v) is 11.3. The van der Waals surface area contributed by atoms with Crippen molar-refractivity contribution in [3.8, 4) is 0 Å². The van der Waals surface area contributed by atoms with Crippen molar-refractivity contribution in [3.05, 3.63) is 36.5 Å². The van der Waals surface area contributed by atoms with Crippen molar-refractivity contribution in [1.29, 1.82) is 0 Å². The van der Waals surface area contributed by atoms with Crippen molar-refractivity contribution in [2.75, 3.05) is 30.8 Å². The molecule has 1 aliphatic heterocycles. The van der Waals surface area contributed by atoms with Crippen molar-refractivity contribution < 1.29 is 18.0 Å². The fourth-order valence-corrected chi connectivity index (χ4v) is 4.56. The van der Waals surface area contributed by atoms with Crippen molar-refractivity contribution in [3.63, 3.8) is 0 Å². The minimum absolute atomic E-state index is 0.0350. The minimum atomic E-state index is -4.58. The number of aromatic nitrogens is 1. The zero-order valence-electron chi connectivity index (χ0n) is 18.9.